The summed E-state index contributed by atoms with van der Waals surface area (Å²) in [6.45, 7) is 4.58. The first kappa shape index (κ1) is 18.4. The maximum atomic E-state index is 12.2. The SMILES string of the molecule is COCCNC(=O)N1CCCC(Cc2nc(-c3ccccc3C)no2)C1. The molecule has 0 saturated carbocycles. The Labute approximate surface area is 153 Å². The van der Waals surface area contributed by atoms with E-state index in [2.05, 4.69) is 15.5 Å². The second-order valence-electron chi connectivity index (χ2n) is 6.71. The molecule has 7 nitrogen and oxygen atoms in total. The third kappa shape index (κ3) is 4.60. The minimum absolute atomic E-state index is 0.0297. The monoisotopic (exact) mass is 358 g/mol. The summed E-state index contributed by atoms with van der Waals surface area (Å²) in [6.07, 6.45) is 2.74. The highest BCUT2D eigenvalue weighted by molar-refractivity contribution is 5.74. The molecule has 7 heteroatoms. The number of benzene rings is 1. The average Bonchev–Trinajstić information content (AvgIpc) is 3.10. The molecular weight excluding hydrogens is 332 g/mol. The number of nitrogens with one attached hydrogen (secondary N) is 1. The molecule has 0 radical (unpaired) electrons. The summed E-state index contributed by atoms with van der Waals surface area (Å²) in [6, 6.07) is 7.97. The van der Waals surface area contributed by atoms with Crippen LogP contribution in [-0.4, -0.2) is 54.4 Å². The van der Waals surface area contributed by atoms with Gasteiger partial charge in [0.05, 0.1) is 6.61 Å². The van der Waals surface area contributed by atoms with Gasteiger partial charge in [0.15, 0.2) is 0 Å². The molecule has 0 aliphatic carbocycles. The van der Waals surface area contributed by atoms with Gasteiger partial charge in [-0.3, -0.25) is 0 Å². The number of aryl methyl sites for hydroxylation is 1. The zero-order valence-electron chi connectivity index (χ0n) is 15.4. The summed E-state index contributed by atoms with van der Waals surface area (Å²) < 4.78 is 10.4. The highest BCUT2D eigenvalue weighted by Gasteiger charge is 2.25. The van der Waals surface area contributed by atoms with Gasteiger partial charge < -0.3 is 19.5 Å². The van der Waals surface area contributed by atoms with Crippen LogP contribution < -0.4 is 5.32 Å². The van der Waals surface area contributed by atoms with Crippen LogP contribution in [0.3, 0.4) is 0 Å². The number of ether oxygens (including phenoxy) is 1. The van der Waals surface area contributed by atoms with Gasteiger partial charge in [-0.1, -0.05) is 29.4 Å². The van der Waals surface area contributed by atoms with Crippen LogP contribution in [0.1, 0.15) is 24.3 Å². The molecule has 26 heavy (non-hydrogen) atoms. The van der Waals surface area contributed by atoms with Crippen LogP contribution in [0.4, 0.5) is 4.79 Å². The molecule has 1 atom stereocenters. The highest BCUT2D eigenvalue weighted by atomic mass is 16.5. The molecule has 2 amide bonds. The van der Waals surface area contributed by atoms with Gasteiger partial charge in [-0.25, -0.2) is 4.79 Å². The molecule has 1 aliphatic rings. The summed E-state index contributed by atoms with van der Waals surface area (Å²) in [7, 11) is 1.62. The topological polar surface area (TPSA) is 80.5 Å². The molecule has 2 heterocycles. The number of rotatable bonds is 6. The van der Waals surface area contributed by atoms with E-state index in [0.717, 1.165) is 30.5 Å². The maximum absolute atomic E-state index is 12.2. The second-order valence-corrected chi connectivity index (χ2v) is 6.71. The van der Waals surface area contributed by atoms with E-state index in [-0.39, 0.29) is 6.03 Å². The van der Waals surface area contributed by atoms with E-state index in [1.54, 1.807) is 7.11 Å². The molecule has 3 rings (SSSR count). The fraction of sp³-hybridized carbons (Fsp3) is 0.526. The molecule has 1 saturated heterocycles. The van der Waals surface area contributed by atoms with Crippen molar-refractivity contribution in [1.82, 2.24) is 20.4 Å². The Hall–Kier alpha value is -2.41. The van der Waals surface area contributed by atoms with Crippen molar-refractivity contribution in [1.29, 1.82) is 0 Å². The van der Waals surface area contributed by atoms with Crippen LogP contribution in [0.25, 0.3) is 11.4 Å². The zero-order valence-corrected chi connectivity index (χ0v) is 15.4. The van der Waals surface area contributed by atoms with Crippen LogP contribution >= 0.6 is 0 Å². The third-order valence-corrected chi connectivity index (χ3v) is 4.71. The number of hydrogen-bond acceptors (Lipinski definition) is 5. The molecule has 1 aliphatic heterocycles. The van der Waals surface area contributed by atoms with Crippen molar-refractivity contribution in [2.24, 2.45) is 5.92 Å². The number of piperidine rings is 1. The fourth-order valence-electron chi connectivity index (χ4n) is 3.31. The molecule has 0 bridgehead atoms. The standard InChI is InChI=1S/C19H26N4O3/c1-14-6-3-4-8-16(14)18-21-17(26-22-18)12-15-7-5-10-23(13-15)19(24)20-9-11-25-2/h3-4,6,8,15H,5,7,9-13H2,1-2H3,(H,20,24). The molecule has 1 aromatic heterocycles. The highest BCUT2D eigenvalue weighted by Crippen LogP contribution is 2.23. The van der Waals surface area contributed by atoms with Gasteiger partial charge in [0, 0.05) is 38.7 Å². The summed E-state index contributed by atoms with van der Waals surface area (Å²) in [5.41, 5.74) is 2.11. The van der Waals surface area contributed by atoms with E-state index >= 15 is 0 Å². The van der Waals surface area contributed by atoms with Gasteiger partial charge in [-0.2, -0.15) is 4.98 Å². The number of carbonyl (C=O) groups excluding carboxylic acids is 1. The summed E-state index contributed by atoms with van der Waals surface area (Å²) in [4.78, 5) is 18.6. The van der Waals surface area contributed by atoms with Gasteiger partial charge in [0.1, 0.15) is 0 Å². The van der Waals surface area contributed by atoms with E-state index in [9.17, 15) is 4.79 Å². The molecule has 140 valence electrons. The molecule has 1 N–H and O–H groups in total. The first-order chi connectivity index (χ1) is 12.7. The Bertz CT molecular complexity index is 731. The molecule has 1 aromatic carbocycles. The predicted octanol–water partition coefficient (Wildman–Crippen LogP) is 2.66. The predicted molar refractivity (Wildman–Crippen MR) is 97.7 cm³/mol. The summed E-state index contributed by atoms with van der Waals surface area (Å²) >= 11 is 0. The van der Waals surface area contributed by atoms with Gasteiger partial charge in [0.25, 0.3) is 0 Å². The first-order valence-corrected chi connectivity index (χ1v) is 9.07. The lowest BCUT2D eigenvalue weighted by molar-refractivity contribution is 0.154. The van der Waals surface area contributed by atoms with Crippen molar-refractivity contribution in [2.45, 2.75) is 26.2 Å². The van der Waals surface area contributed by atoms with Gasteiger partial charge in [-0.15, -0.1) is 0 Å². The summed E-state index contributed by atoms with van der Waals surface area (Å²) in [5.74, 6) is 1.60. The Balaban J connectivity index is 1.57. The van der Waals surface area contributed by atoms with E-state index in [1.807, 2.05) is 36.1 Å². The van der Waals surface area contributed by atoms with Crippen LogP contribution in [0.2, 0.25) is 0 Å². The number of methoxy groups -OCH3 is 1. The van der Waals surface area contributed by atoms with Crippen molar-refractivity contribution >= 4 is 6.03 Å². The lowest BCUT2D eigenvalue weighted by Crippen LogP contribution is -2.46. The number of aromatic nitrogens is 2. The van der Waals surface area contributed by atoms with Crippen LogP contribution in [-0.2, 0) is 11.2 Å². The van der Waals surface area contributed by atoms with Gasteiger partial charge in [0.2, 0.25) is 11.7 Å². The van der Waals surface area contributed by atoms with Crippen molar-refractivity contribution in [2.75, 3.05) is 33.4 Å². The summed E-state index contributed by atoms with van der Waals surface area (Å²) in [5, 5.41) is 7.00. The number of carbonyl (C=O) groups is 1. The molecule has 1 unspecified atom stereocenters. The minimum atomic E-state index is -0.0297. The molecule has 0 spiro atoms. The zero-order chi connectivity index (χ0) is 18.4. The fourth-order valence-corrected chi connectivity index (χ4v) is 3.31. The Morgan fingerprint density at radius 1 is 1.42 bits per heavy atom. The second kappa shape index (κ2) is 8.80. The third-order valence-electron chi connectivity index (χ3n) is 4.71. The number of urea groups is 1. The number of hydrogen-bond donors (Lipinski definition) is 1. The van der Waals surface area contributed by atoms with Crippen LogP contribution in [0.15, 0.2) is 28.8 Å². The van der Waals surface area contributed by atoms with Crippen molar-refractivity contribution < 1.29 is 14.1 Å². The van der Waals surface area contributed by atoms with E-state index in [0.29, 0.717) is 43.8 Å². The lowest BCUT2D eigenvalue weighted by Gasteiger charge is -2.32. The van der Waals surface area contributed by atoms with E-state index in [1.165, 1.54) is 0 Å². The first-order valence-electron chi connectivity index (χ1n) is 9.07. The van der Waals surface area contributed by atoms with Crippen LogP contribution in [0, 0.1) is 12.8 Å². The van der Waals surface area contributed by atoms with Crippen LogP contribution in [0.5, 0.6) is 0 Å². The Kier molecular flexibility index (Phi) is 6.22. The van der Waals surface area contributed by atoms with Crippen molar-refractivity contribution in [3.8, 4) is 11.4 Å². The Morgan fingerprint density at radius 2 is 2.27 bits per heavy atom. The number of likely N-dealkylation sites (tertiary alicyclic amines) is 1. The largest absolute Gasteiger partial charge is 0.383 e. The van der Waals surface area contributed by atoms with Gasteiger partial charge >= 0.3 is 6.03 Å². The smallest absolute Gasteiger partial charge is 0.317 e. The maximum Gasteiger partial charge on any atom is 0.317 e. The van der Waals surface area contributed by atoms with E-state index in [4.69, 9.17) is 9.26 Å². The van der Waals surface area contributed by atoms with Crippen molar-refractivity contribution in [3.63, 3.8) is 0 Å². The normalized spacial score (nSPS) is 17.3. The minimum Gasteiger partial charge on any atom is -0.383 e. The number of amides is 2. The molecule has 1 fully saturated rings. The van der Waals surface area contributed by atoms with E-state index < -0.39 is 0 Å². The quantitative estimate of drug-likeness (QED) is 0.803. The molecule has 2 aromatic rings. The Morgan fingerprint density at radius 3 is 3.08 bits per heavy atom. The van der Waals surface area contributed by atoms with Gasteiger partial charge in [-0.05, 0) is 31.2 Å². The average molecular weight is 358 g/mol. The lowest BCUT2D eigenvalue weighted by atomic mass is 9.95. The molecular formula is C19H26N4O3. The number of nitrogens with zero attached hydrogens (tertiary/aromatic N) is 3. The van der Waals surface area contributed by atoms with Crippen molar-refractivity contribution in [3.05, 3.63) is 35.7 Å².